The van der Waals surface area contributed by atoms with E-state index in [4.69, 9.17) is 0 Å². The molecule has 112 valence electrons. The molecule has 2 aliphatic rings. The number of unbranched alkanes of at least 4 members (excludes halogenated alkanes) is 9. The maximum absolute atomic E-state index is 2.38. The molecule has 0 spiro atoms. The Morgan fingerprint density at radius 3 is 1.21 bits per heavy atom. The van der Waals surface area contributed by atoms with Gasteiger partial charge in [-0.1, -0.05) is 90.2 Å². The zero-order valence-electron chi connectivity index (χ0n) is 13.5. The highest BCUT2D eigenvalue weighted by Gasteiger charge is 2.25. The minimum absolute atomic E-state index is 0.991. The first-order chi connectivity index (χ1) is 9.36. The van der Waals surface area contributed by atoms with Crippen molar-refractivity contribution in [3.8, 4) is 0 Å². The second-order valence-corrected chi connectivity index (χ2v) is 6.55. The van der Waals surface area contributed by atoms with Gasteiger partial charge in [0.1, 0.15) is 0 Å². The number of rotatable bonds is 9. The predicted octanol–water partition coefficient (Wildman–Crippen LogP) is 6.90. The standard InChI is InChI=1S/C12H26.C7H10/c1-3-5-7-9-11-12-10-8-6-4-2;1-2-7-4-3-6(1)5-7/h3-12H2,1-2H3;1-2,6-7H,3-5H2. The van der Waals surface area contributed by atoms with Gasteiger partial charge in [-0.2, -0.15) is 0 Å². The molecule has 2 unspecified atom stereocenters. The minimum Gasteiger partial charge on any atom is -0.0851 e. The average molecular weight is 264 g/mol. The third-order valence-corrected chi connectivity index (χ3v) is 4.63. The molecule has 1 saturated carbocycles. The van der Waals surface area contributed by atoms with Crippen LogP contribution in [-0.4, -0.2) is 0 Å². The topological polar surface area (TPSA) is 0 Å². The molecule has 2 rings (SSSR count). The summed E-state index contributed by atoms with van der Waals surface area (Å²) in [6.07, 6.45) is 23.6. The van der Waals surface area contributed by atoms with Crippen molar-refractivity contribution in [1.29, 1.82) is 0 Å². The zero-order valence-corrected chi connectivity index (χ0v) is 13.5. The van der Waals surface area contributed by atoms with Gasteiger partial charge in [0.2, 0.25) is 0 Å². The lowest BCUT2D eigenvalue weighted by molar-refractivity contribution is 0.562. The van der Waals surface area contributed by atoms with Crippen LogP contribution in [0.2, 0.25) is 0 Å². The summed E-state index contributed by atoms with van der Waals surface area (Å²) < 4.78 is 0. The van der Waals surface area contributed by atoms with Crippen LogP contribution >= 0.6 is 0 Å². The molecule has 0 radical (unpaired) electrons. The van der Waals surface area contributed by atoms with Gasteiger partial charge in [-0.25, -0.2) is 0 Å². The van der Waals surface area contributed by atoms with Crippen molar-refractivity contribution < 1.29 is 0 Å². The third kappa shape index (κ3) is 8.50. The molecule has 0 N–H and O–H groups in total. The highest BCUT2D eigenvalue weighted by Crippen LogP contribution is 2.38. The van der Waals surface area contributed by atoms with Crippen molar-refractivity contribution in [1.82, 2.24) is 0 Å². The van der Waals surface area contributed by atoms with Crippen LogP contribution in [-0.2, 0) is 0 Å². The van der Waals surface area contributed by atoms with Gasteiger partial charge >= 0.3 is 0 Å². The van der Waals surface area contributed by atoms with Crippen molar-refractivity contribution in [3.05, 3.63) is 12.2 Å². The van der Waals surface area contributed by atoms with Crippen LogP contribution in [0.15, 0.2) is 12.2 Å². The van der Waals surface area contributed by atoms with Crippen molar-refractivity contribution in [2.75, 3.05) is 0 Å². The van der Waals surface area contributed by atoms with E-state index in [1.54, 1.807) is 0 Å². The van der Waals surface area contributed by atoms with E-state index in [1.165, 1.54) is 83.5 Å². The summed E-state index contributed by atoms with van der Waals surface area (Å²) in [5, 5.41) is 0. The van der Waals surface area contributed by atoms with E-state index in [1.807, 2.05) is 0 Å². The first-order valence-electron chi connectivity index (χ1n) is 9.05. The van der Waals surface area contributed by atoms with E-state index in [-0.39, 0.29) is 0 Å². The SMILES string of the molecule is C1=CC2CCC1C2.CCCCCCCCCCCC. The molecule has 2 atom stereocenters. The molecule has 0 nitrogen and oxygen atoms in total. The highest BCUT2D eigenvalue weighted by molar-refractivity contribution is 5.06. The number of hydrogen-bond donors (Lipinski definition) is 0. The Hall–Kier alpha value is -0.260. The Morgan fingerprint density at radius 2 is 1.00 bits per heavy atom. The van der Waals surface area contributed by atoms with E-state index >= 15 is 0 Å². The molecule has 2 bridgehead atoms. The van der Waals surface area contributed by atoms with Gasteiger partial charge in [0, 0.05) is 0 Å². The Bertz CT molecular complexity index is 194. The molecule has 0 heteroatoms. The quantitative estimate of drug-likeness (QED) is 0.314. The summed E-state index contributed by atoms with van der Waals surface area (Å²) in [5.74, 6) is 1.98. The van der Waals surface area contributed by atoms with Crippen LogP contribution in [0.3, 0.4) is 0 Å². The van der Waals surface area contributed by atoms with Crippen LogP contribution in [0.5, 0.6) is 0 Å². The molecule has 0 aromatic heterocycles. The van der Waals surface area contributed by atoms with E-state index in [9.17, 15) is 0 Å². The van der Waals surface area contributed by atoms with Crippen LogP contribution in [0.4, 0.5) is 0 Å². The molecule has 0 aliphatic heterocycles. The Labute approximate surface area is 122 Å². The average Bonchev–Trinajstić information content (AvgIpc) is 3.08. The smallest absolute Gasteiger partial charge is 0.0228 e. The molecular formula is C19H36. The fraction of sp³-hybridized carbons (Fsp3) is 0.895. The monoisotopic (exact) mass is 264 g/mol. The van der Waals surface area contributed by atoms with E-state index < -0.39 is 0 Å². The third-order valence-electron chi connectivity index (χ3n) is 4.63. The van der Waals surface area contributed by atoms with Gasteiger partial charge in [0.15, 0.2) is 0 Å². The largest absolute Gasteiger partial charge is 0.0851 e. The molecule has 0 saturated heterocycles. The lowest BCUT2D eigenvalue weighted by Gasteiger charge is -1.99. The van der Waals surface area contributed by atoms with E-state index in [0.717, 1.165) is 11.8 Å². The molecule has 0 amide bonds. The van der Waals surface area contributed by atoms with Gasteiger partial charge in [-0.3, -0.25) is 0 Å². The fourth-order valence-electron chi connectivity index (χ4n) is 3.28. The normalized spacial score (nSPS) is 23.5. The maximum atomic E-state index is 2.38. The fourth-order valence-corrected chi connectivity index (χ4v) is 3.28. The summed E-state index contributed by atoms with van der Waals surface area (Å²) in [7, 11) is 0. The van der Waals surface area contributed by atoms with Crippen LogP contribution < -0.4 is 0 Å². The lowest BCUT2D eigenvalue weighted by atomic mass is 10.1. The van der Waals surface area contributed by atoms with Gasteiger partial charge in [-0.05, 0) is 31.1 Å². The van der Waals surface area contributed by atoms with E-state index in [0.29, 0.717) is 0 Å². The second-order valence-electron chi connectivity index (χ2n) is 6.55. The summed E-state index contributed by atoms with van der Waals surface area (Å²) in [6.45, 7) is 4.56. The molecule has 0 aromatic rings. The van der Waals surface area contributed by atoms with Gasteiger partial charge in [0.25, 0.3) is 0 Å². The summed E-state index contributed by atoms with van der Waals surface area (Å²) >= 11 is 0. The number of allylic oxidation sites excluding steroid dienone is 2. The van der Waals surface area contributed by atoms with Gasteiger partial charge < -0.3 is 0 Å². The summed E-state index contributed by atoms with van der Waals surface area (Å²) in [4.78, 5) is 0. The zero-order chi connectivity index (χ0) is 13.8. The maximum Gasteiger partial charge on any atom is -0.0228 e. The summed E-state index contributed by atoms with van der Waals surface area (Å²) in [5.41, 5.74) is 0. The number of hydrogen-bond acceptors (Lipinski definition) is 0. The van der Waals surface area contributed by atoms with Crippen molar-refractivity contribution >= 4 is 0 Å². The van der Waals surface area contributed by atoms with E-state index in [2.05, 4.69) is 26.0 Å². The highest BCUT2D eigenvalue weighted by atomic mass is 14.3. The number of fused-ring (bicyclic) bond motifs is 2. The molecule has 2 aliphatic carbocycles. The van der Waals surface area contributed by atoms with Crippen molar-refractivity contribution in [3.63, 3.8) is 0 Å². The van der Waals surface area contributed by atoms with Gasteiger partial charge in [-0.15, -0.1) is 0 Å². The van der Waals surface area contributed by atoms with Crippen LogP contribution in [0.1, 0.15) is 97.3 Å². The Kier molecular flexibility index (Phi) is 10.2. The van der Waals surface area contributed by atoms with Crippen molar-refractivity contribution in [2.24, 2.45) is 11.8 Å². The molecule has 19 heavy (non-hydrogen) atoms. The van der Waals surface area contributed by atoms with Crippen LogP contribution in [0.25, 0.3) is 0 Å². The lowest BCUT2D eigenvalue weighted by Crippen LogP contribution is -1.82. The molecule has 1 fully saturated rings. The Balaban J connectivity index is 0.000000213. The van der Waals surface area contributed by atoms with Gasteiger partial charge in [0.05, 0.1) is 0 Å². The Morgan fingerprint density at radius 1 is 0.632 bits per heavy atom. The molecular weight excluding hydrogens is 228 g/mol. The second kappa shape index (κ2) is 11.6. The summed E-state index contributed by atoms with van der Waals surface area (Å²) in [6, 6.07) is 0. The first kappa shape index (κ1) is 16.8. The first-order valence-corrected chi connectivity index (χ1v) is 9.05. The van der Waals surface area contributed by atoms with Crippen molar-refractivity contribution in [2.45, 2.75) is 97.3 Å². The van der Waals surface area contributed by atoms with Crippen LogP contribution in [0, 0.1) is 11.8 Å². The molecule has 0 heterocycles. The minimum atomic E-state index is 0.991. The molecule has 0 aromatic carbocycles. The predicted molar refractivity (Wildman–Crippen MR) is 87.5 cm³/mol.